The summed E-state index contributed by atoms with van der Waals surface area (Å²) >= 11 is 0. The largest absolute Gasteiger partial charge is 0.350 e. The molecule has 1 N–H and O–H groups in total. The maximum absolute atomic E-state index is 12.6. The summed E-state index contributed by atoms with van der Waals surface area (Å²) in [6.07, 6.45) is 10.5. The van der Waals surface area contributed by atoms with Crippen molar-refractivity contribution in [1.29, 1.82) is 0 Å². The molecule has 4 rings (SSSR count). The molecule has 140 valence electrons. The molecule has 0 radical (unpaired) electrons. The summed E-state index contributed by atoms with van der Waals surface area (Å²) < 4.78 is 0. The van der Waals surface area contributed by atoms with Crippen molar-refractivity contribution >= 4 is 17.5 Å². The third kappa shape index (κ3) is 2.37. The van der Waals surface area contributed by atoms with Crippen LogP contribution in [0, 0.1) is 28.6 Å². The van der Waals surface area contributed by atoms with Gasteiger partial charge in [0, 0.05) is 23.7 Å². The van der Waals surface area contributed by atoms with E-state index in [0.29, 0.717) is 36.4 Å². The molecule has 0 aromatic carbocycles. The molecule has 4 nitrogen and oxygen atoms in total. The number of amides is 1. The van der Waals surface area contributed by atoms with E-state index in [1.165, 1.54) is 0 Å². The fourth-order valence-corrected chi connectivity index (χ4v) is 6.49. The Morgan fingerprint density at radius 3 is 2.73 bits per heavy atom. The summed E-state index contributed by atoms with van der Waals surface area (Å²) in [6.45, 7) is 6.24. The highest BCUT2D eigenvalue weighted by Gasteiger charge is 2.60. The number of hydrogen-bond acceptors (Lipinski definition) is 3. The molecule has 0 saturated heterocycles. The van der Waals surface area contributed by atoms with E-state index in [4.69, 9.17) is 0 Å². The van der Waals surface area contributed by atoms with E-state index in [1.807, 2.05) is 6.92 Å². The highest BCUT2D eigenvalue weighted by atomic mass is 16.1. The van der Waals surface area contributed by atoms with Crippen molar-refractivity contribution in [3.05, 3.63) is 23.8 Å². The van der Waals surface area contributed by atoms with Crippen LogP contribution in [0.2, 0.25) is 0 Å². The Bertz CT molecular complexity index is 736. The van der Waals surface area contributed by atoms with Crippen molar-refractivity contribution in [2.45, 2.75) is 65.3 Å². The minimum absolute atomic E-state index is 0.0170. The molecule has 3 saturated carbocycles. The quantitative estimate of drug-likeness (QED) is 0.826. The zero-order chi connectivity index (χ0) is 18.7. The van der Waals surface area contributed by atoms with Gasteiger partial charge in [0.05, 0.1) is 6.04 Å². The maximum Gasteiger partial charge on any atom is 0.220 e. The molecule has 3 fully saturated rings. The first-order valence-corrected chi connectivity index (χ1v) is 10.1. The van der Waals surface area contributed by atoms with Gasteiger partial charge in [-0.25, -0.2) is 0 Å². The van der Waals surface area contributed by atoms with E-state index in [0.717, 1.165) is 31.3 Å². The van der Waals surface area contributed by atoms with Gasteiger partial charge >= 0.3 is 0 Å². The Hall–Kier alpha value is -1.71. The van der Waals surface area contributed by atoms with E-state index in [1.54, 1.807) is 12.2 Å². The van der Waals surface area contributed by atoms with Gasteiger partial charge in [0.25, 0.3) is 0 Å². The zero-order valence-corrected chi connectivity index (χ0v) is 16.0. The Morgan fingerprint density at radius 1 is 1.23 bits per heavy atom. The van der Waals surface area contributed by atoms with Crippen LogP contribution in [0.5, 0.6) is 0 Å². The maximum atomic E-state index is 12.6. The lowest BCUT2D eigenvalue weighted by Gasteiger charge is -2.57. The van der Waals surface area contributed by atoms with Crippen LogP contribution in [0.3, 0.4) is 0 Å². The minimum Gasteiger partial charge on any atom is -0.350 e. The fraction of sp³-hybridized carbons (Fsp3) is 0.682. The van der Waals surface area contributed by atoms with Crippen molar-refractivity contribution in [3.63, 3.8) is 0 Å². The molecule has 26 heavy (non-hydrogen) atoms. The van der Waals surface area contributed by atoms with Crippen LogP contribution in [-0.2, 0) is 14.4 Å². The van der Waals surface area contributed by atoms with Crippen LogP contribution in [0.4, 0.5) is 0 Å². The number of carbonyl (C=O) groups excluding carboxylic acids is 3. The highest BCUT2D eigenvalue weighted by molar-refractivity contribution is 6.01. The van der Waals surface area contributed by atoms with Gasteiger partial charge in [-0.15, -0.1) is 0 Å². The molecular formula is C22H29NO3. The Kier molecular flexibility index (Phi) is 4.01. The topological polar surface area (TPSA) is 63.2 Å². The van der Waals surface area contributed by atoms with Crippen LogP contribution < -0.4 is 5.32 Å². The molecule has 4 aliphatic rings. The standard InChI is InChI=1S/C22H29NO3/c1-4-20(26)23-18-12-14-15-5-6-19(25)22(15,3)10-8-16(14)21(2)9-7-13(24)11-17(18)21/h7,9,11,14-16,18H,4-6,8,10,12H2,1-3H3,(H,23,26)/t14-,15-,16-,18-,21+,22-/m0/s1. The predicted octanol–water partition coefficient (Wildman–Crippen LogP) is 3.37. The van der Waals surface area contributed by atoms with Gasteiger partial charge in [-0.1, -0.05) is 26.8 Å². The molecule has 4 heteroatoms. The van der Waals surface area contributed by atoms with Gasteiger partial charge in [0.2, 0.25) is 5.91 Å². The number of Topliss-reactive ketones (excluding diaryl/α,β-unsaturated/α-hetero) is 1. The Morgan fingerprint density at radius 2 is 2.00 bits per heavy atom. The number of rotatable bonds is 2. The van der Waals surface area contributed by atoms with Crippen LogP contribution in [0.15, 0.2) is 23.8 Å². The second kappa shape index (κ2) is 5.90. The lowest BCUT2D eigenvalue weighted by atomic mass is 9.47. The fourth-order valence-electron chi connectivity index (χ4n) is 6.49. The second-order valence-electron chi connectivity index (χ2n) is 9.12. The molecule has 6 atom stereocenters. The van der Waals surface area contributed by atoms with Crippen LogP contribution in [0.1, 0.15) is 59.3 Å². The summed E-state index contributed by atoms with van der Waals surface area (Å²) in [4.78, 5) is 36.8. The molecule has 0 aromatic rings. The normalized spacial score (nSPS) is 44.0. The molecule has 0 heterocycles. The number of allylic oxidation sites excluding steroid dienone is 3. The SMILES string of the molecule is CCC(=O)N[C@H]1C[C@@H]2[C@H](CC[C@]3(C)C(=O)CC[C@@H]23)[C@@]2(C)C=CC(=O)C=C12. The molecule has 0 aliphatic heterocycles. The Balaban J connectivity index is 1.74. The summed E-state index contributed by atoms with van der Waals surface area (Å²) in [7, 11) is 0. The highest BCUT2D eigenvalue weighted by Crippen LogP contribution is 2.63. The van der Waals surface area contributed by atoms with Gasteiger partial charge < -0.3 is 5.32 Å². The monoisotopic (exact) mass is 355 g/mol. The molecule has 1 amide bonds. The lowest BCUT2D eigenvalue weighted by Crippen LogP contribution is -2.56. The van der Waals surface area contributed by atoms with Crippen molar-refractivity contribution in [1.82, 2.24) is 5.32 Å². The Labute approximate surface area is 155 Å². The number of carbonyl (C=O) groups is 3. The van der Waals surface area contributed by atoms with Crippen molar-refractivity contribution < 1.29 is 14.4 Å². The number of fused-ring (bicyclic) bond motifs is 5. The van der Waals surface area contributed by atoms with Gasteiger partial charge in [0.15, 0.2) is 5.78 Å². The molecule has 4 aliphatic carbocycles. The minimum atomic E-state index is -0.199. The van der Waals surface area contributed by atoms with Crippen molar-refractivity contribution in [3.8, 4) is 0 Å². The average Bonchev–Trinajstić information content (AvgIpc) is 2.91. The lowest BCUT2D eigenvalue weighted by molar-refractivity contribution is -0.132. The van der Waals surface area contributed by atoms with Gasteiger partial charge in [-0.2, -0.15) is 0 Å². The summed E-state index contributed by atoms with van der Waals surface area (Å²) in [5.74, 6) is 1.73. The van der Waals surface area contributed by atoms with Crippen LogP contribution >= 0.6 is 0 Å². The number of nitrogens with one attached hydrogen (secondary N) is 1. The van der Waals surface area contributed by atoms with E-state index in [9.17, 15) is 14.4 Å². The predicted molar refractivity (Wildman–Crippen MR) is 99.2 cm³/mol. The van der Waals surface area contributed by atoms with Crippen molar-refractivity contribution in [2.24, 2.45) is 28.6 Å². The van der Waals surface area contributed by atoms with E-state index in [-0.39, 0.29) is 28.6 Å². The third-order valence-corrected chi connectivity index (χ3v) is 7.97. The molecule has 0 aromatic heterocycles. The molecule has 0 spiro atoms. The van der Waals surface area contributed by atoms with E-state index >= 15 is 0 Å². The summed E-state index contributed by atoms with van der Waals surface area (Å²) in [6, 6.07) is -0.0966. The third-order valence-electron chi connectivity index (χ3n) is 7.97. The first-order valence-electron chi connectivity index (χ1n) is 10.1. The van der Waals surface area contributed by atoms with Gasteiger partial charge in [0.1, 0.15) is 5.78 Å². The summed E-state index contributed by atoms with van der Waals surface area (Å²) in [5, 5.41) is 3.17. The van der Waals surface area contributed by atoms with Gasteiger partial charge in [-0.05, 0) is 61.2 Å². The average molecular weight is 355 g/mol. The first-order chi connectivity index (χ1) is 12.3. The molecule has 0 bridgehead atoms. The smallest absolute Gasteiger partial charge is 0.220 e. The van der Waals surface area contributed by atoms with Crippen molar-refractivity contribution in [2.75, 3.05) is 0 Å². The summed E-state index contributed by atoms with van der Waals surface area (Å²) in [5.41, 5.74) is 0.683. The molecule has 0 unspecified atom stereocenters. The zero-order valence-electron chi connectivity index (χ0n) is 16.0. The van der Waals surface area contributed by atoms with E-state index in [2.05, 4.69) is 25.2 Å². The number of ketones is 2. The van der Waals surface area contributed by atoms with Crippen LogP contribution in [-0.4, -0.2) is 23.5 Å². The molecular weight excluding hydrogens is 326 g/mol. The number of hydrogen-bond donors (Lipinski definition) is 1. The van der Waals surface area contributed by atoms with Gasteiger partial charge in [-0.3, -0.25) is 14.4 Å². The van der Waals surface area contributed by atoms with E-state index < -0.39 is 0 Å². The second-order valence-corrected chi connectivity index (χ2v) is 9.12. The first kappa shape index (κ1) is 17.7. The van der Waals surface area contributed by atoms with Crippen LogP contribution in [0.25, 0.3) is 0 Å².